The normalized spacial score (nSPS) is 13.7. The van der Waals surface area contributed by atoms with Crippen LogP contribution >= 0.6 is 0 Å². The van der Waals surface area contributed by atoms with E-state index in [1.165, 1.54) is 0 Å². The highest BCUT2D eigenvalue weighted by Gasteiger charge is 2.31. The molecule has 0 atom stereocenters. The second kappa shape index (κ2) is 6.24. The van der Waals surface area contributed by atoms with Crippen molar-refractivity contribution in [3.8, 4) is 11.8 Å². The van der Waals surface area contributed by atoms with Crippen LogP contribution in [0.2, 0.25) is 0 Å². The number of nitriles is 1. The molecule has 19 heavy (non-hydrogen) atoms. The van der Waals surface area contributed by atoms with E-state index in [4.69, 9.17) is 10.00 Å². The van der Waals surface area contributed by atoms with Gasteiger partial charge < -0.3 is 9.64 Å². The smallest absolute Gasteiger partial charge is 0.260 e. The Labute approximate surface area is 113 Å². The van der Waals surface area contributed by atoms with E-state index in [-0.39, 0.29) is 12.5 Å². The van der Waals surface area contributed by atoms with Crippen LogP contribution in [-0.4, -0.2) is 30.0 Å². The fourth-order valence-electron chi connectivity index (χ4n) is 2.05. The van der Waals surface area contributed by atoms with Crippen molar-refractivity contribution >= 4 is 5.91 Å². The molecule has 1 amide bonds. The molecule has 0 heterocycles. The highest BCUT2D eigenvalue weighted by molar-refractivity contribution is 5.78. The fraction of sp³-hybridized carbons (Fsp3) is 0.467. The van der Waals surface area contributed by atoms with E-state index in [9.17, 15) is 4.79 Å². The molecule has 100 valence electrons. The Balaban J connectivity index is 1.94. The lowest BCUT2D eigenvalue weighted by Gasteiger charge is -2.21. The molecular formula is C15H18N2O2. The molecule has 4 heteroatoms. The zero-order valence-electron chi connectivity index (χ0n) is 11.1. The molecule has 2 rings (SSSR count). The Morgan fingerprint density at radius 1 is 1.47 bits per heavy atom. The van der Waals surface area contributed by atoms with Gasteiger partial charge >= 0.3 is 0 Å². The van der Waals surface area contributed by atoms with Gasteiger partial charge in [-0.3, -0.25) is 4.79 Å². The lowest BCUT2D eigenvalue weighted by atomic mass is 10.2. The molecule has 0 radical (unpaired) electrons. The summed E-state index contributed by atoms with van der Waals surface area (Å²) < 4.78 is 5.48. The van der Waals surface area contributed by atoms with Gasteiger partial charge in [-0.1, -0.05) is 19.1 Å². The van der Waals surface area contributed by atoms with Crippen LogP contribution in [0.25, 0.3) is 0 Å². The summed E-state index contributed by atoms with van der Waals surface area (Å²) >= 11 is 0. The number of ether oxygens (including phenoxy) is 1. The van der Waals surface area contributed by atoms with Crippen LogP contribution in [0.4, 0.5) is 0 Å². The lowest BCUT2D eigenvalue weighted by Crippen LogP contribution is -2.37. The number of para-hydroxylation sites is 1. The Morgan fingerprint density at radius 2 is 2.21 bits per heavy atom. The van der Waals surface area contributed by atoms with Crippen molar-refractivity contribution in [2.45, 2.75) is 32.2 Å². The van der Waals surface area contributed by atoms with Gasteiger partial charge in [-0.25, -0.2) is 0 Å². The van der Waals surface area contributed by atoms with Crippen LogP contribution in [0.1, 0.15) is 31.7 Å². The highest BCUT2D eigenvalue weighted by atomic mass is 16.5. The standard InChI is InChI=1S/C15H18N2O2/c1-2-9-17(13-7-8-13)15(18)11-19-14-6-4-3-5-12(14)10-16/h3-6,13H,2,7-9,11H2,1H3. The fourth-order valence-corrected chi connectivity index (χ4v) is 2.05. The van der Waals surface area contributed by atoms with Crippen molar-refractivity contribution in [2.75, 3.05) is 13.2 Å². The molecule has 4 nitrogen and oxygen atoms in total. The minimum atomic E-state index is 0.00912. The summed E-state index contributed by atoms with van der Waals surface area (Å²) in [7, 11) is 0. The number of carbonyl (C=O) groups is 1. The van der Waals surface area contributed by atoms with Crippen molar-refractivity contribution in [2.24, 2.45) is 0 Å². The molecule has 1 aliphatic carbocycles. The summed E-state index contributed by atoms with van der Waals surface area (Å²) in [5.74, 6) is 0.489. The van der Waals surface area contributed by atoms with Gasteiger partial charge in [0.15, 0.2) is 6.61 Å². The second-order valence-electron chi connectivity index (χ2n) is 4.71. The van der Waals surface area contributed by atoms with Crippen molar-refractivity contribution in [1.29, 1.82) is 5.26 Å². The predicted octanol–water partition coefficient (Wildman–Crippen LogP) is 2.34. The summed E-state index contributed by atoms with van der Waals surface area (Å²) in [5.41, 5.74) is 0.462. The Morgan fingerprint density at radius 3 is 2.84 bits per heavy atom. The number of rotatable bonds is 6. The molecule has 0 unspecified atom stereocenters. The monoisotopic (exact) mass is 258 g/mol. The summed E-state index contributed by atoms with van der Waals surface area (Å²) in [6.07, 6.45) is 3.15. The molecule has 0 saturated heterocycles. The zero-order valence-corrected chi connectivity index (χ0v) is 11.1. The number of hydrogen-bond donors (Lipinski definition) is 0. The Bertz CT molecular complexity index is 489. The quantitative estimate of drug-likeness (QED) is 0.787. The van der Waals surface area contributed by atoms with Gasteiger partial charge in [-0.05, 0) is 31.4 Å². The SMILES string of the molecule is CCCN(C(=O)COc1ccccc1C#N)C1CC1. The predicted molar refractivity (Wildman–Crippen MR) is 71.7 cm³/mol. The van der Waals surface area contributed by atoms with Crippen LogP contribution in [0.5, 0.6) is 5.75 Å². The molecule has 0 aliphatic heterocycles. The molecule has 0 bridgehead atoms. The maximum absolute atomic E-state index is 12.1. The third kappa shape index (κ3) is 3.47. The average Bonchev–Trinajstić information content (AvgIpc) is 3.27. The molecule has 1 aliphatic rings. The van der Waals surface area contributed by atoms with E-state index in [2.05, 4.69) is 13.0 Å². The van der Waals surface area contributed by atoms with Crippen molar-refractivity contribution in [3.05, 3.63) is 29.8 Å². The van der Waals surface area contributed by atoms with E-state index in [1.54, 1.807) is 24.3 Å². The van der Waals surface area contributed by atoms with E-state index < -0.39 is 0 Å². The average molecular weight is 258 g/mol. The summed E-state index contributed by atoms with van der Waals surface area (Å²) in [4.78, 5) is 14.0. The van der Waals surface area contributed by atoms with Gasteiger partial charge in [0.25, 0.3) is 5.91 Å². The zero-order chi connectivity index (χ0) is 13.7. The van der Waals surface area contributed by atoms with Gasteiger partial charge in [0, 0.05) is 12.6 Å². The van der Waals surface area contributed by atoms with Gasteiger partial charge in [0.05, 0.1) is 5.56 Å². The van der Waals surface area contributed by atoms with Gasteiger partial charge in [-0.2, -0.15) is 5.26 Å². The van der Waals surface area contributed by atoms with E-state index in [1.807, 2.05) is 4.90 Å². The topological polar surface area (TPSA) is 53.3 Å². The maximum Gasteiger partial charge on any atom is 0.260 e. The molecule has 1 saturated carbocycles. The minimum Gasteiger partial charge on any atom is -0.482 e. The van der Waals surface area contributed by atoms with Gasteiger partial charge in [0.1, 0.15) is 11.8 Å². The molecule has 0 N–H and O–H groups in total. The number of carbonyl (C=O) groups excluding carboxylic acids is 1. The third-order valence-corrected chi connectivity index (χ3v) is 3.13. The Kier molecular flexibility index (Phi) is 4.40. The van der Waals surface area contributed by atoms with Crippen molar-refractivity contribution in [1.82, 2.24) is 4.90 Å². The Hall–Kier alpha value is -2.02. The van der Waals surface area contributed by atoms with Gasteiger partial charge in [0.2, 0.25) is 0 Å². The molecule has 0 aromatic heterocycles. The summed E-state index contributed by atoms with van der Waals surface area (Å²) in [6.45, 7) is 2.86. The van der Waals surface area contributed by atoms with Gasteiger partial charge in [-0.15, -0.1) is 0 Å². The van der Waals surface area contributed by atoms with Crippen LogP contribution < -0.4 is 4.74 Å². The first-order valence-electron chi connectivity index (χ1n) is 6.67. The molecule has 1 aromatic rings. The number of amides is 1. The van der Waals surface area contributed by atoms with Crippen molar-refractivity contribution in [3.63, 3.8) is 0 Å². The van der Waals surface area contributed by atoms with Crippen molar-refractivity contribution < 1.29 is 9.53 Å². The molecule has 1 fully saturated rings. The molecule has 0 spiro atoms. The van der Waals surface area contributed by atoms with Crippen LogP contribution in [0, 0.1) is 11.3 Å². The van der Waals surface area contributed by atoms with Crippen LogP contribution in [0.3, 0.4) is 0 Å². The minimum absolute atomic E-state index is 0.00912. The van der Waals surface area contributed by atoms with E-state index in [0.29, 0.717) is 17.4 Å². The largest absolute Gasteiger partial charge is 0.482 e. The highest BCUT2D eigenvalue weighted by Crippen LogP contribution is 2.27. The third-order valence-electron chi connectivity index (χ3n) is 3.13. The first kappa shape index (κ1) is 13.4. The first-order valence-corrected chi connectivity index (χ1v) is 6.67. The maximum atomic E-state index is 12.1. The van der Waals surface area contributed by atoms with E-state index >= 15 is 0 Å². The van der Waals surface area contributed by atoms with E-state index in [0.717, 1.165) is 25.8 Å². The second-order valence-corrected chi connectivity index (χ2v) is 4.71. The lowest BCUT2D eigenvalue weighted by molar-refractivity contribution is -0.134. The number of nitrogens with zero attached hydrogens (tertiary/aromatic N) is 2. The summed E-state index contributed by atoms with van der Waals surface area (Å²) in [5, 5.41) is 8.95. The summed E-state index contributed by atoms with van der Waals surface area (Å²) in [6, 6.07) is 9.44. The van der Waals surface area contributed by atoms with Crippen LogP contribution in [0.15, 0.2) is 24.3 Å². The number of benzene rings is 1. The van der Waals surface area contributed by atoms with Crippen LogP contribution in [-0.2, 0) is 4.79 Å². The first-order chi connectivity index (χ1) is 9.26. The number of hydrogen-bond acceptors (Lipinski definition) is 3. The molecular weight excluding hydrogens is 240 g/mol. The molecule has 1 aromatic carbocycles.